The van der Waals surface area contributed by atoms with Crippen LogP contribution >= 0.6 is 11.3 Å². The van der Waals surface area contributed by atoms with Crippen LogP contribution in [0.15, 0.2) is 11.4 Å². The number of carboxylic acids is 1. The number of carboxylic acid groups (broad SMARTS) is 1. The van der Waals surface area contributed by atoms with E-state index in [0.717, 1.165) is 44.6 Å². The Hall–Kier alpha value is -0.910. The molecule has 0 aliphatic carbocycles. The van der Waals surface area contributed by atoms with Crippen molar-refractivity contribution in [1.29, 1.82) is 0 Å². The molecule has 0 spiro atoms. The van der Waals surface area contributed by atoms with Crippen molar-refractivity contribution in [3.8, 4) is 0 Å². The third-order valence-corrected chi connectivity index (χ3v) is 4.49. The monoisotopic (exact) mass is 268 g/mol. The van der Waals surface area contributed by atoms with Crippen molar-refractivity contribution in [3.05, 3.63) is 21.9 Å². The van der Waals surface area contributed by atoms with Gasteiger partial charge in [-0.05, 0) is 49.5 Å². The van der Waals surface area contributed by atoms with Gasteiger partial charge < -0.3 is 10.4 Å². The van der Waals surface area contributed by atoms with Crippen LogP contribution < -0.4 is 5.32 Å². The van der Waals surface area contributed by atoms with Gasteiger partial charge in [-0.1, -0.05) is 6.92 Å². The Bertz CT molecular complexity index is 399. The van der Waals surface area contributed by atoms with Gasteiger partial charge >= 0.3 is 5.97 Å². The molecule has 1 aliphatic heterocycles. The highest BCUT2D eigenvalue weighted by atomic mass is 32.1. The summed E-state index contributed by atoms with van der Waals surface area (Å²) < 4.78 is 0. The van der Waals surface area contributed by atoms with Crippen molar-refractivity contribution in [2.24, 2.45) is 0 Å². The summed E-state index contributed by atoms with van der Waals surface area (Å²) in [6, 6.07) is 2.52. The highest BCUT2D eigenvalue weighted by Gasteiger charge is 2.22. The van der Waals surface area contributed by atoms with Crippen molar-refractivity contribution in [2.45, 2.75) is 32.4 Å². The van der Waals surface area contributed by atoms with Crippen LogP contribution in [0.1, 0.15) is 35.0 Å². The molecule has 2 rings (SSSR count). The summed E-state index contributed by atoms with van der Waals surface area (Å²) in [5.74, 6) is -0.804. The van der Waals surface area contributed by atoms with E-state index in [1.54, 1.807) is 0 Å². The van der Waals surface area contributed by atoms with Crippen LogP contribution in [0.4, 0.5) is 0 Å². The number of carbonyl (C=O) groups is 1. The average Bonchev–Trinajstić information content (AvgIpc) is 2.85. The van der Waals surface area contributed by atoms with Gasteiger partial charge in [-0.2, -0.15) is 0 Å². The fourth-order valence-electron chi connectivity index (χ4n) is 2.54. The molecule has 0 aromatic carbocycles. The molecule has 4 nitrogen and oxygen atoms in total. The summed E-state index contributed by atoms with van der Waals surface area (Å²) in [6.45, 7) is 6.01. The number of hydrogen-bond donors (Lipinski definition) is 2. The number of nitrogens with zero attached hydrogens (tertiary/aromatic N) is 1. The molecule has 100 valence electrons. The van der Waals surface area contributed by atoms with E-state index in [1.807, 2.05) is 11.4 Å². The molecular weight excluding hydrogens is 248 g/mol. The number of nitrogens with one attached hydrogen (secondary N) is 1. The van der Waals surface area contributed by atoms with Gasteiger partial charge in [-0.15, -0.1) is 11.3 Å². The van der Waals surface area contributed by atoms with Gasteiger partial charge in [0.25, 0.3) is 0 Å². The van der Waals surface area contributed by atoms with E-state index in [0.29, 0.717) is 10.9 Å². The lowest BCUT2D eigenvalue weighted by molar-refractivity contribution is 0.0698. The van der Waals surface area contributed by atoms with Gasteiger partial charge in [0, 0.05) is 12.6 Å². The molecule has 1 fully saturated rings. The van der Waals surface area contributed by atoms with E-state index >= 15 is 0 Å². The lowest BCUT2D eigenvalue weighted by atomic mass is 10.0. The van der Waals surface area contributed by atoms with Crippen LogP contribution in [-0.4, -0.2) is 41.7 Å². The molecule has 0 unspecified atom stereocenters. The van der Waals surface area contributed by atoms with Crippen LogP contribution in [0.3, 0.4) is 0 Å². The van der Waals surface area contributed by atoms with Gasteiger partial charge in [-0.25, -0.2) is 4.79 Å². The van der Waals surface area contributed by atoms with E-state index < -0.39 is 5.97 Å². The zero-order valence-corrected chi connectivity index (χ0v) is 11.5. The molecule has 1 aliphatic rings. The fraction of sp³-hybridized carbons (Fsp3) is 0.615. The first kappa shape index (κ1) is 13.5. The number of piperidine rings is 1. The maximum Gasteiger partial charge on any atom is 0.346 e. The molecule has 0 bridgehead atoms. The second-order valence-corrected chi connectivity index (χ2v) is 5.54. The van der Waals surface area contributed by atoms with Gasteiger partial charge in [0.05, 0.1) is 0 Å². The molecule has 1 aromatic rings. The molecule has 1 saturated heterocycles. The SMILES string of the molecule is CCN(Cc1ccsc1C(=O)O)C1CCNCC1. The van der Waals surface area contributed by atoms with Gasteiger partial charge in [0.1, 0.15) is 4.88 Å². The van der Waals surface area contributed by atoms with Crippen molar-refractivity contribution < 1.29 is 9.90 Å². The number of thiophene rings is 1. The molecule has 5 heteroatoms. The Labute approximate surface area is 112 Å². The lowest BCUT2D eigenvalue weighted by Gasteiger charge is -2.33. The van der Waals surface area contributed by atoms with E-state index in [9.17, 15) is 4.79 Å². The van der Waals surface area contributed by atoms with Crippen molar-refractivity contribution >= 4 is 17.3 Å². The molecule has 0 atom stereocenters. The number of hydrogen-bond acceptors (Lipinski definition) is 4. The van der Waals surface area contributed by atoms with Gasteiger partial charge in [-0.3, -0.25) is 4.90 Å². The first-order valence-corrected chi connectivity index (χ1v) is 7.34. The normalized spacial score (nSPS) is 17.2. The smallest absolute Gasteiger partial charge is 0.346 e. The first-order chi connectivity index (χ1) is 8.72. The first-order valence-electron chi connectivity index (χ1n) is 6.46. The van der Waals surface area contributed by atoms with E-state index in [-0.39, 0.29) is 0 Å². The lowest BCUT2D eigenvalue weighted by Crippen LogP contribution is -2.42. The fourth-order valence-corrected chi connectivity index (χ4v) is 3.29. The van der Waals surface area contributed by atoms with Crippen molar-refractivity contribution in [1.82, 2.24) is 10.2 Å². The Kier molecular flexibility index (Phi) is 4.74. The molecule has 2 heterocycles. The quantitative estimate of drug-likeness (QED) is 0.858. The summed E-state index contributed by atoms with van der Waals surface area (Å²) in [5, 5.41) is 14.4. The predicted octanol–water partition coefficient (Wildman–Crippen LogP) is 2.02. The molecule has 2 N–H and O–H groups in total. The highest BCUT2D eigenvalue weighted by Crippen LogP contribution is 2.21. The van der Waals surface area contributed by atoms with Crippen LogP contribution in [-0.2, 0) is 6.54 Å². The maximum absolute atomic E-state index is 11.1. The summed E-state index contributed by atoms with van der Waals surface area (Å²) in [4.78, 5) is 14.0. The molecule has 0 amide bonds. The standard InChI is InChI=1S/C13H20N2O2S/c1-2-15(11-3-6-14-7-4-11)9-10-5-8-18-12(10)13(16)17/h5,8,11,14H,2-4,6-7,9H2,1H3,(H,16,17). The van der Waals surface area contributed by atoms with Crippen molar-refractivity contribution in [2.75, 3.05) is 19.6 Å². The summed E-state index contributed by atoms with van der Waals surface area (Å²) >= 11 is 1.32. The van der Waals surface area contributed by atoms with E-state index in [1.165, 1.54) is 11.3 Å². The third-order valence-electron chi connectivity index (χ3n) is 3.55. The second kappa shape index (κ2) is 6.31. The minimum Gasteiger partial charge on any atom is -0.477 e. The summed E-state index contributed by atoms with van der Waals surface area (Å²) in [6.07, 6.45) is 2.31. The summed E-state index contributed by atoms with van der Waals surface area (Å²) in [7, 11) is 0. The van der Waals surface area contributed by atoms with Crippen LogP contribution in [0, 0.1) is 0 Å². The van der Waals surface area contributed by atoms with Crippen LogP contribution in [0.25, 0.3) is 0 Å². The van der Waals surface area contributed by atoms with Crippen LogP contribution in [0.5, 0.6) is 0 Å². The molecule has 0 saturated carbocycles. The Morgan fingerprint density at radius 1 is 1.56 bits per heavy atom. The largest absolute Gasteiger partial charge is 0.477 e. The Balaban J connectivity index is 2.04. The van der Waals surface area contributed by atoms with E-state index in [4.69, 9.17) is 5.11 Å². The Morgan fingerprint density at radius 2 is 2.28 bits per heavy atom. The minimum absolute atomic E-state index is 0.488. The zero-order chi connectivity index (χ0) is 13.0. The van der Waals surface area contributed by atoms with Gasteiger partial charge in [0.15, 0.2) is 0 Å². The Morgan fingerprint density at radius 3 is 2.89 bits per heavy atom. The number of rotatable bonds is 5. The average molecular weight is 268 g/mol. The summed E-state index contributed by atoms with van der Waals surface area (Å²) in [5.41, 5.74) is 0.952. The van der Waals surface area contributed by atoms with Crippen molar-refractivity contribution in [3.63, 3.8) is 0 Å². The molecule has 0 radical (unpaired) electrons. The molecule has 18 heavy (non-hydrogen) atoms. The highest BCUT2D eigenvalue weighted by molar-refractivity contribution is 7.12. The second-order valence-electron chi connectivity index (χ2n) is 4.62. The zero-order valence-electron chi connectivity index (χ0n) is 10.7. The van der Waals surface area contributed by atoms with Gasteiger partial charge in [0.2, 0.25) is 0 Å². The molecular formula is C13H20N2O2S. The van der Waals surface area contributed by atoms with Crippen LogP contribution in [0.2, 0.25) is 0 Å². The maximum atomic E-state index is 11.1. The van der Waals surface area contributed by atoms with E-state index in [2.05, 4.69) is 17.1 Å². The minimum atomic E-state index is -0.804. The topological polar surface area (TPSA) is 52.6 Å². The predicted molar refractivity (Wildman–Crippen MR) is 73.3 cm³/mol. The third kappa shape index (κ3) is 3.10. The molecule has 1 aromatic heterocycles. The number of aromatic carboxylic acids is 1.